The Morgan fingerprint density at radius 2 is 2.15 bits per heavy atom. The molecule has 0 radical (unpaired) electrons. The van der Waals surface area contributed by atoms with Crippen LogP contribution in [-0.4, -0.2) is 11.6 Å². The zero-order valence-electron chi connectivity index (χ0n) is 10.9. The summed E-state index contributed by atoms with van der Waals surface area (Å²) < 4.78 is 5.83. The molecule has 0 aliphatic carbocycles. The second-order valence-corrected chi connectivity index (χ2v) is 4.91. The summed E-state index contributed by atoms with van der Waals surface area (Å²) in [5.74, 6) is 5.69. The third kappa shape index (κ3) is 3.74. The summed E-state index contributed by atoms with van der Waals surface area (Å²) in [6.07, 6.45) is 3.17. The van der Waals surface area contributed by atoms with Gasteiger partial charge in [-0.25, -0.2) is 0 Å². The van der Waals surface area contributed by atoms with Crippen molar-refractivity contribution in [2.45, 2.75) is 13.0 Å². The number of hydrogen-bond donors (Lipinski definition) is 0. The Hall–Kier alpha value is -1.53. The minimum absolute atomic E-state index is 0.311. The Kier molecular flexibility index (Phi) is 5.43. The molecule has 102 valence electrons. The fraction of sp³-hybridized carbons (Fsp3) is 0.188. The molecule has 1 unspecified atom stereocenters. The predicted octanol–water partition coefficient (Wildman–Crippen LogP) is 4.52. The van der Waals surface area contributed by atoms with Gasteiger partial charge in [-0.2, -0.15) is 0 Å². The predicted molar refractivity (Wildman–Crippen MR) is 81.9 cm³/mol. The van der Waals surface area contributed by atoms with E-state index in [-0.39, 0.29) is 6.10 Å². The van der Waals surface area contributed by atoms with E-state index in [4.69, 9.17) is 27.9 Å². The molecule has 0 saturated carbocycles. The van der Waals surface area contributed by atoms with E-state index >= 15 is 0 Å². The quantitative estimate of drug-likeness (QED) is 0.775. The van der Waals surface area contributed by atoms with Gasteiger partial charge in [-0.3, -0.25) is 4.98 Å². The molecule has 0 saturated heterocycles. The van der Waals surface area contributed by atoms with E-state index in [0.29, 0.717) is 16.7 Å². The van der Waals surface area contributed by atoms with Crippen LogP contribution in [0, 0.1) is 11.8 Å². The number of halogens is 2. The van der Waals surface area contributed by atoms with Gasteiger partial charge in [0.05, 0.1) is 0 Å². The number of benzene rings is 1. The van der Waals surface area contributed by atoms with Gasteiger partial charge in [0.1, 0.15) is 12.7 Å². The standard InChI is InChI=1S/C16H13Cl2NO/c1-2-3-9-20-16(12-5-4-8-19-11-12)14-7-6-13(17)10-15(14)18/h4-8,10-11,16H,9H2,1H3. The average molecular weight is 306 g/mol. The number of hydrogen-bond acceptors (Lipinski definition) is 2. The lowest BCUT2D eigenvalue weighted by Gasteiger charge is -2.18. The fourth-order valence-electron chi connectivity index (χ4n) is 1.81. The molecule has 1 aromatic heterocycles. The van der Waals surface area contributed by atoms with E-state index in [1.54, 1.807) is 31.5 Å². The topological polar surface area (TPSA) is 22.1 Å². The highest BCUT2D eigenvalue weighted by atomic mass is 35.5. The van der Waals surface area contributed by atoms with Crippen LogP contribution >= 0.6 is 23.2 Å². The molecule has 1 aromatic carbocycles. The number of nitrogens with zero attached hydrogens (tertiary/aromatic N) is 1. The summed E-state index contributed by atoms with van der Waals surface area (Å²) in [5.41, 5.74) is 1.77. The van der Waals surface area contributed by atoms with Crippen molar-refractivity contribution in [3.8, 4) is 11.8 Å². The van der Waals surface area contributed by atoms with Crippen LogP contribution in [0.5, 0.6) is 0 Å². The van der Waals surface area contributed by atoms with Gasteiger partial charge in [0.25, 0.3) is 0 Å². The van der Waals surface area contributed by atoms with Gasteiger partial charge in [0, 0.05) is 33.6 Å². The summed E-state index contributed by atoms with van der Waals surface area (Å²) in [7, 11) is 0. The highest BCUT2D eigenvalue weighted by Crippen LogP contribution is 2.32. The molecule has 2 rings (SSSR count). The van der Waals surface area contributed by atoms with Crippen LogP contribution < -0.4 is 0 Å². The number of rotatable bonds is 4. The Morgan fingerprint density at radius 3 is 2.80 bits per heavy atom. The highest BCUT2D eigenvalue weighted by Gasteiger charge is 2.18. The van der Waals surface area contributed by atoms with Gasteiger partial charge >= 0.3 is 0 Å². The average Bonchev–Trinajstić information content (AvgIpc) is 2.46. The summed E-state index contributed by atoms with van der Waals surface area (Å²) in [6.45, 7) is 2.10. The van der Waals surface area contributed by atoms with E-state index in [0.717, 1.165) is 11.1 Å². The van der Waals surface area contributed by atoms with E-state index < -0.39 is 0 Å². The van der Waals surface area contributed by atoms with Crippen LogP contribution in [-0.2, 0) is 4.74 Å². The molecule has 0 amide bonds. The third-order valence-corrected chi connectivity index (χ3v) is 3.29. The molecule has 2 nitrogen and oxygen atoms in total. The van der Waals surface area contributed by atoms with E-state index in [2.05, 4.69) is 16.8 Å². The first-order chi connectivity index (χ1) is 9.72. The van der Waals surface area contributed by atoms with Gasteiger partial charge in [-0.15, -0.1) is 5.92 Å². The molecule has 0 spiro atoms. The van der Waals surface area contributed by atoms with Crippen molar-refractivity contribution in [2.24, 2.45) is 0 Å². The Morgan fingerprint density at radius 1 is 1.30 bits per heavy atom. The van der Waals surface area contributed by atoms with Gasteiger partial charge in [-0.05, 0) is 25.1 Å². The number of aromatic nitrogens is 1. The van der Waals surface area contributed by atoms with Crippen LogP contribution in [0.15, 0.2) is 42.7 Å². The summed E-state index contributed by atoms with van der Waals surface area (Å²) in [5, 5.41) is 1.16. The lowest BCUT2D eigenvalue weighted by Crippen LogP contribution is -2.07. The van der Waals surface area contributed by atoms with Gasteiger partial charge in [0.15, 0.2) is 0 Å². The number of ether oxygens (including phenoxy) is 1. The van der Waals surface area contributed by atoms with Gasteiger partial charge in [0.2, 0.25) is 0 Å². The molecule has 1 atom stereocenters. The van der Waals surface area contributed by atoms with Crippen LogP contribution in [0.1, 0.15) is 24.2 Å². The van der Waals surface area contributed by atoms with Crippen molar-refractivity contribution in [2.75, 3.05) is 6.61 Å². The van der Waals surface area contributed by atoms with E-state index in [1.807, 2.05) is 18.2 Å². The first-order valence-corrected chi connectivity index (χ1v) is 6.84. The third-order valence-electron chi connectivity index (χ3n) is 2.73. The van der Waals surface area contributed by atoms with Crippen LogP contribution in [0.25, 0.3) is 0 Å². The summed E-state index contributed by atoms with van der Waals surface area (Å²) in [4.78, 5) is 4.12. The molecular formula is C16H13Cl2NO. The van der Waals surface area contributed by atoms with Crippen LogP contribution in [0.3, 0.4) is 0 Å². The zero-order valence-corrected chi connectivity index (χ0v) is 12.4. The van der Waals surface area contributed by atoms with E-state index in [9.17, 15) is 0 Å². The molecule has 0 bridgehead atoms. The molecule has 20 heavy (non-hydrogen) atoms. The highest BCUT2D eigenvalue weighted by molar-refractivity contribution is 6.35. The SMILES string of the molecule is CC#CCOC(c1cccnc1)c1ccc(Cl)cc1Cl. The van der Waals surface area contributed by atoms with Crippen molar-refractivity contribution in [1.29, 1.82) is 0 Å². The van der Waals surface area contributed by atoms with Crippen molar-refractivity contribution in [1.82, 2.24) is 4.98 Å². The molecule has 4 heteroatoms. The smallest absolute Gasteiger partial charge is 0.112 e. The lowest BCUT2D eigenvalue weighted by molar-refractivity contribution is 0.108. The minimum atomic E-state index is -0.311. The maximum absolute atomic E-state index is 6.27. The second kappa shape index (κ2) is 7.31. The van der Waals surface area contributed by atoms with Crippen LogP contribution in [0.2, 0.25) is 10.0 Å². The molecule has 2 aromatic rings. The van der Waals surface area contributed by atoms with Crippen LogP contribution in [0.4, 0.5) is 0 Å². The number of pyridine rings is 1. The normalized spacial score (nSPS) is 11.6. The molecule has 0 aliphatic heterocycles. The monoisotopic (exact) mass is 305 g/mol. The summed E-state index contributed by atoms with van der Waals surface area (Å²) in [6, 6.07) is 9.17. The van der Waals surface area contributed by atoms with Gasteiger partial charge in [-0.1, -0.05) is 41.3 Å². The van der Waals surface area contributed by atoms with Crippen molar-refractivity contribution in [3.63, 3.8) is 0 Å². The Bertz CT molecular complexity index is 632. The van der Waals surface area contributed by atoms with Crippen molar-refractivity contribution in [3.05, 3.63) is 63.9 Å². The second-order valence-electron chi connectivity index (χ2n) is 4.07. The summed E-state index contributed by atoms with van der Waals surface area (Å²) >= 11 is 12.2. The van der Waals surface area contributed by atoms with Crippen molar-refractivity contribution < 1.29 is 4.74 Å². The zero-order chi connectivity index (χ0) is 14.4. The molecule has 0 aliphatic rings. The first-order valence-electron chi connectivity index (χ1n) is 6.08. The van der Waals surface area contributed by atoms with Gasteiger partial charge < -0.3 is 4.74 Å². The molecular weight excluding hydrogens is 293 g/mol. The van der Waals surface area contributed by atoms with Crippen molar-refractivity contribution >= 4 is 23.2 Å². The Balaban J connectivity index is 2.37. The first kappa shape index (κ1) is 14.9. The maximum Gasteiger partial charge on any atom is 0.112 e. The maximum atomic E-state index is 6.27. The Labute approximate surface area is 128 Å². The molecule has 0 fully saturated rings. The van der Waals surface area contributed by atoms with E-state index in [1.165, 1.54) is 0 Å². The molecule has 1 heterocycles. The minimum Gasteiger partial charge on any atom is -0.356 e. The fourth-order valence-corrected chi connectivity index (χ4v) is 2.32. The lowest BCUT2D eigenvalue weighted by atomic mass is 10.0. The largest absolute Gasteiger partial charge is 0.356 e. The molecule has 0 N–H and O–H groups in total.